The van der Waals surface area contributed by atoms with Crippen LogP contribution in [0.3, 0.4) is 0 Å². The first-order valence-electron chi connectivity index (χ1n) is 9.98. The summed E-state index contributed by atoms with van der Waals surface area (Å²) in [5.74, 6) is -0.110. The molecule has 1 aromatic heterocycles. The van der Waals surface area contributed by atoms with Gasteiger partial charge in [-0.25, -0.2) is 0 Å². The summed E-state index contributed by atoms with van der Waals surface area (Å²) < 4.78 is 5.15. The zero-order valence-corrected chi connectivity index (χ0v) is 16.2. The lowest BCUT2D eigenvalue weighted by Gasteiger charge is -2.32. The van der Waals surface area contributed by atoms with Gasteiger partial charge in [0.25, 0.3) is 0 Å². The van der Waals surface area contributed by atoms with Gasteiger partial charge in [0, 0.05) is 24.2 Å². The lowest BCUT2D eigenvalue weighted by atomic mass is 9.70. The van der Waals surface area contributed by atoms with Gasteiger partial charge in [-0.3, -0.25) is 9.78 Å². The molecule has 3 heteroatoms. The summed E-state index contributed by atoms with van der Waals surface area (Å²) in [5, 5.41) is 0. The van der Waals surface area contributed by atoms with E-state index >= 15 is 0 Å². The van der Waals surface area contributed by atoms with Crippen molar-refractivity contribution in [1.29, 1.82) is 0 Å². The molecule has 2 aromatic carbocycles. The van der Waals surface area contributed by atoms with E-state index in [9.17, 15) is 4.79 Å². The summed E-state index contributed by atoms with van der Waals surface area (Å²) in [5.41, 5.74) is 6.46. The van der Waals surface area contributed by atoms with Gasteiger partial charge in [0.05, 0.1) is 6.61 Å². The highest BCUT2D eigenvalue weighted by Gasteiger charge is 2.42. The quantitative estimate of drug-likeness (QED) is 0.527. The Morgan fingerprint density at radius 2 is 1.54 bits per heavy atom. The summed E-state index contributed by atoms with van der Waals surface area (Å²) in [4.78, 5) is 16.1. The van der Waals surface area contributed by atoms with Gasteiger partial charge >= 0.3 is 5.97 Å². The molecule has 0 amide bonds. The minimum absolute atomic E-state index is 0.110. The molecule has 142 valence electrons. The molecule has 0 bridgehead atoms. The third-order valence-electron chi connectivity index (χ3n) is 5.72. The van der Waals surface area contributed by atoms with Gasteiger partial charge in [-0.2, -0.15) is 0 Å². The summed E-state index contributed by atoms with van der Waals surface area (Å²) in [6, 6.07) is 21.6. The second kappa shape index (κ2) is 7.97. The molecule has 0 saturated heterocycles. The third kappa shape index (κ3) is 3.33. The van der Waals surface area contributed by atoms with Crippen molar-refractivity contribution in [3.63, 3.8) is 0 Å². The highest BCUT2D eigenvalue weighted by molar-refractivity contribution is 5.81. The van der Waals surface area contributed by atoms with Crippen molar-refractivity contribution in [3.05, 3.63) is 89.7 Å². The Morgan fingerprint density at radius 1 is 0.929 bits per heavy atom. The number of ether oxygens (including phenoxy) is 1. The first kappa shape index (κ1) is 18.4. The molecular weight excluding hydrogens is 346 g/mol. The Bertz CT molecular complexity index is 920. The van der Waals surface area contributed by atoms with Crippen LogP contribution in [0.15, 0.2) is 73.1 Å². The average molecular weight is 371 g/mol. The van der Waals surface area contributed by atoms with Gasteiger partial charge in [0.15, 0.2) is 0 Å². The van der Waals surface area contributed by atoms with Crippen LogP contribution in [-0.2, 0) is 21.4 Å². The molecule has 3 aromatic rings. The Morgan fingerprint density at radius 3 is 2.14 bits per heavy atom. The van der Waals surface area contributed by atoms with Crippen LogP contribution in [0.25, 0.3) is 11.1 Å². The smallest absolute Gasteiger partial charge is 0.305 e. The van der Waals surface area contributed by atoms with Gasteiger partial charge in [-0.15, -0.1) is 0 Å². The SMILES string of the molecule is CCOC(=O)CCCC1(Cc2ccncc2)c2ccccc2-c2ccccc21. The van der Waals surface area contributed by atoms with Crippen LogP contribution < -0.4 is 0 Å². The predicted molar refractivity (Wildman–Crippen MR) is 111 cm³/mol. The molecule has 0 radical (unpaired) electrons. The van der Waals surface area contributed by atoms with Crippen LogP contribution in [0, 0.1) is 0 Å². The molecule has 4 rings (SSSR count). The number of aromatic nitrogens is 1. The summed E-state index contributed by atoms with van der Waals surface area (Å²) in [6.45, 7) is 2.29. The first-order chi connectivity index (χ1) is 13.7. The number of benzene rings is 2. The lowest BCUT2D eigenvalue weighted by molar-refractivity contribution is -0.143. The molecule has 1 aliphatic carbocycles. The van der Waals surface area contributed by atoms with Crippen LogP contribution in [-0.4, -0.2) is 17.6 Å². The van der Waals surface area contributed by atoms with Crippen LogP contribution in [0.1, 0.15) is 42.9 Å². The van der Waals surface area contributed by atoms with E-state index in [1.165, 1.54) is 27.8 Å². The topological polar surface area (TPSA) is 39.2 Å². The number of esters is 1. The minimum Gasteiger partial charge on any atom is -0.466 e. The Kier molecular flexibility index (Phi) is 5.25. The molecule has 0 aliphatic heterocycles. The van der Waals surface area contributed by atoms with E-state index < -0.39 is 0 Å². The van der Waals surface area contributed by atoms with Gasteiger partial charge in [0.1, 0.15) is 0 Å². The van der Waals surface area contributed by atoms with Gasteiger partial charge < -0.3 is 4.74 Å². The molecule has 0 fully saturated rings. The van der Waals surface area contributed by atoms with E-state index in [2.05, 4.69) is 65.6 Å². The van der Waals surface area contributed by atoms with E-state index in [4.69, 9.17) is 4.74 Å². The zero-order chi connectivity index (χ0) is 19.4. The molecule has 28 heavy (non-hydrogen) atoms. The molecule has 0 unspecified atom stereocenters. The van der Waals surface area contributed by atoms with Gasteiger partial charge in [-0.05, 0) is 66.1 Å². The predicted octanol–water partition coefficient (Wildman–Crippen LogP) is 5.32. The standard InChI is InChI=1S/C25H25NO2/c1-2-28-24(27)12-7-15-25(18-19-13-16-26-17-14-19)22-10-5-3-8-20(22)21-9-4-6-11-23(21)25/h3-6,8-11,13-14,16-17H,2,7,12,15,18H2,1H3. The van der Waals surface area contributed by atoms with Crippen LogP contribution in [0.5, 0.6) is 0 Å². The average Bonchev–Trinajstić information content (AvgIpc) is 3.00. The first-order valence-corrected chi connectivity index (χ1v) is 9.98. The number of carbonyl (C=O) groups is 1. The number of carbonyl (C=O) groups excluding carboxylic acids is 1. The maximum atomic E-state index is 11.9. The Hall–Kier alpha value is -2.94. The Balaban J connectivity index is 1.76. The largest absolute Gasteiger partial charge is 0.466 e. The molecule has 1 aliphatic rings. The van der Waals surface area contributed by atoms with Crippen LogP contribution >= 0.6 is 0 Å². The van der Waals surface area contributed by atoms with Crippen molar-refractivity contribution in [2.45, 2.75) is 38.0 Å². The van der Waals surface area contributed by atoms with Crippen molar-refractivity contribution in [2.75, 3.05) is 6.61 Å². The fourth-order valence-electron chi connectivity index (χ4n) is 4.58. The van der Waals surface area contributed by atoms with Gasteiger partial charge in [-0.1, -0.05) is 48.5 Å². The molecule has 0 N–H and O–H groups in total. The van der Waals surface area contributed by atoms with Crippen molar-refractivity contribution in [2.24, 2.45) is 0 Å². The summed E-state index contributed by atoms with van der Waals surface area (Å²) in [6.07, 6.45) is 6.76. The number of hydrogen-bond acceptors (Lipinski definition) is 3. The van der Waals surface area contributed by atoms with E-state index in [0.29, 0.717) is 13.0 Å². The van der Waals surface area contributed by atoms with Crippen LogP contribution in [0.2, 0.25) is 0 Å². The molecule has 0 spiro atoms. The molecule has 3 nitrogen and oxygen atoms in total. The second-order valence-electron chi connectivity index (χ2n) is 7.36. The number of nitrogens with zero attached hydrogens (tertiary/aromatic N) is 1. The van der Waals surface area contributed by atoms with E-state index in [0.717, 1.165) is 19.3 Å². The van der Waals surface area contributed by atoms with Crippen LogP contribution in [0.4, 0.5) is 0 Å². The number of pyridine rings is 1. The summed E-state index contributed by atoms with van der Waals surface area (Å²) in [7, 11) is 0. The van der Waals surface area contributed by atoms with Crippen molar-refractivity contribution in [1.82, 2.24) is 4.98 Å². The third-order valence-corrected chi connectivity index (χ3v) is 5.72. The van der Waals surface area contributed by atoms with E-state index in [-0.39, 0.29) is 11.4 Å². The Labute approximate surface area is 166 Å². The second-order valence-corrected chi connectivity index (χ2v) is 7.36. The highest BCUT2D eigenvalue weighted by atomic mass is 16.5. The molecule has 1 heterocycles. The maximum absolute atomic E-state index is 11.9. The normalized spacial score (nSPS) is 13.6. The van der Waals surface area contributed by atoms with E-state index in [1.54, 1.807) is 0 Å². The zero-order valence-electron chi connectivity index (χ0n) is 16.2. The monoisotopic (exact) mass is 371 g/mol. The van der Waals surface area contributed by atoms with E-state index in [1.807, 2.05) is 19.3 Å². The van der Waals surface area contributed by atoms with Gasteiger partial charge in [0.2, 0.25) is 0 Å². The fraction of sp³-hybridized carbons (Fsp3) is 0.280. The lowest BCUT2D eigenvalue weighted by Crippen LogP contribution is -2.28. The fourth-order valence-corrected chi connectivity index (χ4v) is 4.58. The number of rotatable bonds is 7. The highest BCUT2D eigenvalue weighted by Crippen LogP contribution is 2.52. The number of hydrogen-bond donors (Lipinski definition) is 0. The number of fused-ring (bicyclic) bond motifs is 3. The molecule has 0 saturated carbocycles. The van der Waals surface area contributed by atoms with Crippen molar-refractivity contribution in [3.8, 4) is 11.1 Å². The maximum Gasteiger partial charge on any atom is 0.305 e. The minimum atomic E-state index is -0.138. The van der Waals surface area contributed by atoms with Crippen molar-refractivity contribution < 1.29 is 9.53 Å². The molecular formula is C25H25NO2. The summed E-state index contributed by atoms with van der Waals surface area (Å²) >= 11 is 0. The molecule has 0 atom stereocenters. The van der Waals surface area contributed by atoms with Crippen molar-refractivity contribution >= 4 is 5.97 Å².